The van der Waals surface area contributed by atoms with Gasteiger partial charge in [-0.25, -0.2) is 0 Å². The first-order valence-corrected chi connectivity index (χ1v) is 10.3. The molecule has 1 aromatic heterocycles. The summed E-state index contributed by atoms with van der Waals surface area (Å²) < 4.78 is 11.1. The fourth-order valence-corrected chi connectivity index (χ4v) is 3.32. The van der Waals surface area contributed by atoms with Gasteiger partial charge in [0.25, 0.3) is 0 Å². The molecule has 3 aromatic rings. The number of benzene rings is 2. The highest BCUT2D eigenvalue weighted by atomic mass is 32.1. The van der Waals surface area contributed by atoms with Crippen LogP contribution in [-0.4, -0.2) is 28.7 Å². The number of hydrogen-bond donors (Lipinski definition) is 1. The molecule has 156 valence electrons. The summed E-state index contributed by atoms with van der Waals surface area (Å²) in [7, 11) is 1.66. The molecule has 0 aliphatic heterocycles. The van der Waals surface area contributed by atoms with Crippen LogP contribution in [0.2, 0.25) is 0 Å². The number of nitrogens with one attached hydrogen (secondary N) is 1. The summed E-state index contributed by atoms with van der Waals surface area (Å²) >= 11 is 5.78. The first kappa shape index (κ1) is 21.6. The average molecular weight is 422 g/mol. The molecule has 0 saturated heterocycles. The molecule has 0 fully saturated rings. The highest BCUT2D eigenvalue weighted by Crippen LogP contribution is 2.26. The zero-order chi connectivity index (χ0) is 21.3. The van der Waals surface area contributed by atoms with Gasteiger partial charge in [0.1, 0.15) is 11.5 Å². The molecule has 0 aliphatic carbocycles. The summed E-state index contributed by atoms with van der Waals surface area (Å²) in [6.45, 7) is 5.96. The van der Waals surface area contributed by atoms with Crippen LogP contribution < -0.4 is 14.8 Å². The summed E-state index contributed by atoms with van der Waals surface area (Å²) in [5.41, 5.74) is 4.20. The maximum atomic E-state index is 5.78. The van der Waals surface area contributed by atoms with E-state index in [9.17, 15) is 0 Å². The molecule has 0 aliphatic rings. The quantitative estimate of drug-likeness (QED) is 0.505. The zero-order valence-corrected chi connectivity index (χ0v) is 18.4. The van der Waals surface area contributed by atoms with Crippen LogP contribution in [0, 0.1) is 6.92 Å². The van der Waals surface area contributed by atoms with Crippen molar-refractivity contribution in [1.82, 2.24) is 9.88 Å². The topological polar surface area (TPSA) is 46.6 Å². The Kier molecular flexibility index (Phi) is 7.63. The van der Waals surface area contributed by atoms with E-state index in [1.807, 2.05) is 62.5 Å². The molecule has 0 saturated carbocycles. The maximum Gasteiger partial charge on any atom is 0.174 e. The van der Waals surface area contributed by atoms with E-state index in [4.69, 9.17) is 21.7 Å². The Labute approximate surface area is 183 Å². The highest BCUT2D eigenvalue weighted by Gasteiger charge is 2.14. The average Bonchev–Trinajstić information content (AvgIpc) is 2.76. The molecule has 0 bridgehead atoms. The van der Waals surface area contributed by atoms with Crippen LogP contribution in [0.15, 0.2) is 67.0 Å². The van der Waals surface area contributed by atoms with Crippen molar-refractivity contribution < 1.29 is 9.47 Å². The van der Waals surface area contributed by atoms with Crippen LogP contribution in [-0.2, 0) is 13.1 Å². The second-order valence-electron chi connectivity index (χ2n) is 6.93. The second kappa shape index (κ2) is 10.6. The van der Waals surface area contributed by atoms with Gasteiger partial charge in [0.15, 0.2) is 5.11 Å². The lowest BCUT2D eigenvalue weighted by molar-refractivity contribution is 0.340. The normalized spacial score (nSPS) is 10.4. The Morgan fingerprint density at radius 3 is 2.50 bits per heavy atom. The van der Waals surface area contributed by atoms with E-state index in [-0.39, 0.29) is 0 Å². The third-order valence-electron chi connectivity index (χ3n) is 4.59. The fraction of sp³-hybridized carbons (Fsp3) is 0.250. The lowest BCUT2D eigenvalue weighted by Gasteiger charge is -2.27. The maximum absolute atomic E-state index is 5.78. The van der Waals surface area contributed by atoms with Crippen molar-refractivity contribution in [1.29, 1.82) is 0 Å². The Morgan fingerprint density at radius 1 is 1.07 bits per heavy atom. The Morgan fingerprint density at radius 2 is 1.83 bits per heavy atom. The Balaban J connectivity index is 1.80. The molecule has 0 amide bonds. The third kappa shape index (κ3) is 5.94. The number of ether oxygens (including phenoxy) is 2. The van der Waals surface area contributed by atoms with Crippen molar-refractivity contribution in [3.05, 3.63) is 83.7 Å². The molecule has 1 heterocycles. The van der Waals surface area contributed by atoms with Crippen molar-refractivity contribution in [3.8, 4) is 11.5 Å². The van der Waals surface area contributed by atoms with E-state index in [0.717, 1.165) is 33.9 Å². The zero-order valence-electron chi connectivity index (χ0n) is 17.6. The van der Waals surface area contributed by atoms with E-state index >= 15 is 0 Å². The molecule has 5 nitrogen and oxygen atoms in total. The molecule has 30 heavy (non-hydrogen) atoms. The van der Waals surface area contributed by atoms with Gasteiger partial charge in [0.05, 0.1) is 19.4 Å². The largest absolute Gasteiger partial charge is 0.495 e. The third-order valence-corrected chi connectivity index (χ3v) is 4.95. The van der Waals surface area contributed by atoms with Gasteiger partial charge in [-0.05, 0) is 73.1 Å². The molecule has 1 N–H and O–H groups in total. The van der Waals surface area contributed by atoms with Crippen molar-refractivity contribution in [3.63, 3.8) is 0 Å². The number of thiocarbonyl (C=S) groups is 1. The predicted octanol–water partition coefficient (Wildman–Crippen LogP) is 5.20. The van der Waals surface area contributed by atoms with E-state index in [1.54, 1.807) is 13.3 Å². The SMILES string of the molecule is CCOc1ccc(CN(Cc2cccnc2)C(=S)Nc2ccc(C)cc2OC)cc1. The fourth-order valence-electron chi connectivity index (χ4n) is 3.09. The summed E-state index contributed by atoms with van der Waals surface area (Å²) in [5, 5.41) is 3.97. The van der Waals surface area contributed by atoms with E-state index in [2.05, 4.69) is 27.3 Å². The predicted molar refractivity (Wildman–Crippen MR) is 125 cm³/mol. The number of anilines is 1. The van der Waals surface area contributed by atoms with Crippen molar-refractivity contribution in [2.24, 2.45) is 0 Å². The lowest BCUT2D eigenvalue weighted by Crippen LogP contribution is -2.34. The van der Waals surface area contributed by atoms with Crippen LogP contribution in [0.1, 0.15) is 23.6 Å². The van der Waals surface area contributed by atoms with Crippen LogP contribution in [0.4, 0.5) is 5.69 Å². The van der Waals surface area contributed by atoms with Crippen molar-refractivity contribution >= 4 is 23.0 Å². The van der Waals surface area contributed by atoms with Gasteiger partial charge < -0.3 is 19.7 Å². The van der Waals surface area contributed by atoms with Gasteiger partial charge in [0, 0.05) is 25.5 Å². The minimum absolute atomic E-state index is 0.620. The molecular weight excluding hydrogens is 394 g/mol. The summed E-state index contributed by atoms with van der Waals surface area (Å²) in [6, 6.07) is 18.1. The number of nitrogens with zero attached hydrogens (tertiary/aromatic N) is 2. The number of aryl methyl sites for hydroxylation is 1. The van der Waals surface area contributed by atoms with E-state index < -0.39 is 0 Å². The molecule has 0 spiro atoms. The monoisotopic (exact) mass is 421 g/mol. The lowest BCUT2D eigenvalue weighted by atomic mass is 10.2. The molecular formula is C24H27N3O2S. The second-order valence-corrected chi connectivity index (χ2v) is 7.31. The number of hydrogen-bond acceptors (Lipinski definition) is 4. The van der Waals surface area contributed by atoms with Gasteiger partial charge in [-0.2, -0.15) is 0 Å². The molecule has 0 unspecified atom stereocenters. The first-order chi connectivity index (χ1) is 14.6. The van der Waals surface area contributed by atoms with Crippen LogP contribution in [0.5, 0.6) is 11.5 Å². The molecule has 3 rings (SSSR count). The Hall–Kier alpha value is -3.12. The smallest absolute Gasteiger partial charge is 0.174 e. The minimum Gasteiger partial charge on any atom is -0.495 e. The summed E-state index contributed by atoms with van der Waals surface area (Å²) in [6.07, 6.45) is 3.63. The number of rotatable bonds is 8. The van der Waals surface area contributed by atoms with Crippen LogP contribution >= 0.6 is 12.2 Å². The van der Waals surface area contributed by atoms with Crippen molar-refractivity contribution in [2.75, 3.05) is 19.0 Å². The molecule has 0 radical (unpaired) electrons. The Bertz CT molecular complexity index is 962. The number of pyridine rings is 1. The van der Waals surface area contributed by atoms with Gasteiger partial charge in [-0.3, -0.25) is 4.98 Å². The van der Waals surface area contributed by atoms with Gasteiger partial charge in [-0.15, -0.1) is 0 Å². The van der Waals surface area contributed by atoms with Gasteiger partial charge in [-0.1, -0.05) is 24.3 Å². The van der Waals surface area contributed by atoms with Crippen molar-refractivity contribution in [2.45, 2.75) is 26.9 Å². The highest BCUT2D eigenvalue weighted by molar-refractivity contribution is 7.80. The van der Waals surface area contributed by atoms with Crippen LogP contribution in [0.3, 0.4) is 0 Å². The molecule has 6 heteroatoms. The first-order valence-electron chi connectivity index (χ1n) is 9.90. The summed E-state index contributed by atoms with van der Waals surface area (Å²) in [5.74, 6) is 1.63. The van der Waals surface area contributed by atoms with Crippen LogP contribution in [0.25, 0.3) is 0 Å². The van der Waals surface area contributed by atoms with Gasteiger partial charge in [0.2, 0.25) is 0 Å². The van der Waals surface area contributed by atoms with Gasteiger partial charge >= 0.3 is 0 Å². The number of aromatic nitrogens is 1. The molecule has 2 aromatic carbocycles. The van der Waals surface area contributed by atoms with E-state index in [1.165, 1.54) is 0 Å². The minimum atomic E-state index is 0.620. The summed E-state index contributed by atoms with van der Waals surface area (Å²) in [4.78, 5) is 6.34. The standard InChI is InChI=1S/C24H27N3O2S/c1-4-29-21-10-8-19(9-11-21)16-27(17-20-6-5-13-25-15-20)24(30)26-22-12-7-18(2)14-23(22)28-3/h5-15H,4,16-17H2,1-3H3,(H,26,30). The molecule has 0 atom stereocenters. The van der Waals surface area contributed by atoms with E-state index in [0.29, 0.717) is 24.8 Å². The number of methoxy groups -OCH3 is 1.